The minimum Gasteiger partial charge on any atom is -0.458 e. The minimum atomic E-state index is -0.114. The van der Waals surface area contributed by atoms with Gasteiger partial charge < -0.3 is 9.15 Å². The molecule has 0 saturated heterocycles. The lowest BCUT2D eigenvalue weighted by Gasteiger charge is -1.93. The Kier molecular flexibility index (Phi) is 3.05. The van der Waals surface area contributed by atoms with Gasteiger partial charge in [0.15, 0.2) is 5.76 Å². The second kappa shape index (κ2) is 4.07. The number of hydrogen-bond donors (Lipinski definition) is 0. The molecular weight excluding hydrogens is 156 g/mol. The molecule has 0 saturated carbocycles. The van der Waals surface area contributed by atoms with Crippen molar-refractivity contribution in [3.63, 3.8) is 0 Å². The lowest BCUT2D eigenvalue weighted by Crippen LogP contribution is -2.05. The van der Waals surface area contributed by atoms with E-state index >= 15 is 0 Å². The summed E-state index contributed by atoms with van der Waals surface area (Å²) in [7, 11) is 1.49. The summed E-state index contributed by atoms with van der Waals surface area (Å²) >= 11 is 0. The standard InChI is InChI=1S/C9H12O3/c1-3-7-4-5-9(12-7)8(10)6-11-2/h4-5H,3,6H2,1-2H3. The van der Waals surface area contributed by atoms with E-state index in [1.165, 1.54) is 7.11 Å². The molecule has 3 nitrogen and oxygen atoms in total. The zero-order valence-corrected chi connectivity index (χ0v) is 7.29. The fourth-order valence-corrected chi connectivity index (χ4v) is 0.920. The van der Waals surface area contributed by atoms with Crippen LogP contribution in [-0.2, 0) is 11.2 Å². The van der Waals surface area contributed by atoms with E-state index in [1.807, 2.05) is 13.0 Å². The molecule has 3 heteroatoms. The Hall–Kier alpha value is -1.09. The number of carbonyl (C=O) groups is 1. The van der Waals surface area contributed by atoms with E-state index in [2.05, 4.69) is 0 Å². The summed E-state index contributed by atoms with van der Waals surface area (Å²) in [6, 6.07) is 3.49. The summed E-state index contributed by atoms with van der Waals surface area (Å²) in [5, 5.41) is 0. The van der Waals surface area contributed by atoms with Gasteiger partial charge in [-0.1, -0.05) is 6.92 Å². The summed E-state index contributed by atoms with van der Waals surface area (Å²) in [5.74, 6) is 1.10. The van der Waals surface area contributed by atoms with Crippen LogP contribution in [0, 0.1) is 0 Å². The molecule has 1 heterocycles. The average Bonchev–Trinajstić information content (AvgIpc) is 2.52. The molecule has 0 bridgehead atoms. The van der Waals surface area contributed by atoms with Gasteiger partial charge in [0.25, 0.3) is 0 Å². The number of rotatable bonds is 4. The molecule has 0 amide bonds. The van der Waals surface area contributed by atoms with E-state index in [4.69, 9.17) is 9.15 Å². The fourth-order valence-electron chi connectivity index (χ4n) is 0.920. The Morgan fingerprint density at radius 2 is 2.33 bits per heavy atom. The highest BCUT2D eigenvalue weighted by Gasteiger charge is 2.09. The molecule has 0 radical (unpaired) electrons. The summed E-state index contributed by atoms with van der Waals surface area (Å²) < 4.78 is 9.91. The maximum Gasteiger partial charge on any atom is 0.223 e. The van der Waals surface area contributed by atoms with Crippen LogP contribution in [0.3, 0.4) is 0 Å². The highest BCUT2D eigenvalue weighted by molar-refractivity contribution is 5.94. The molecule has 0 fully saturated rings. The molecule has 0 atom stereocenters. The Morgan fingerprint density at radius 1 is 1.58 bits per heavy atom. The largest absolute Gasteiger partial charge is 0.458 e. The van der Waals surface area contributed by atoms with Crippen molar-refractivity contribution in [2.24, 2.45) is 0 Å². The van der Waals surface area contributed by atoms with Gasteiger partial charge in [-0.3, -0.25) is 4.79 Å². The van der Waals surface area contributed by atoms with Crippen LogP contribution in [0.25, 0.3) is 0 Å². The molecule has 0 aliphatic heterocycles. The second-order valence-corrected chi connectivity index (χ2v) is 2.48. The maximum atomic E-state index is 11.2. The quantitative estimate of drug-likeness (QED) is 0.642. The summed E-state index contributed by atoms with van der Waals surface area (Å²) in [6.07, 6.45) is 0.806. The highest BCUT2D eigenvalue weighted by Crippen LogP contribution is 2.08. The van der Waals surface area contributed by atoms with E-state index in [-0.39, 0.29) is 12.4 Å². The van der Waals surface area contributed by atoms with Crippen molar-refractivity contribution in [2.75, 3.05) is 13.7 Å². The van der Waals surface area contributed by atoms with Crippen LogP contribution in [0.15, 0.2) is 16.5 Å². The third-order valence-electron chi connectivity index (χ3n) is 1.56. The van der Waals surface area contributed by atoms with Crippen LogP contribution < -0.4 is 0 Å². The van der Waals surface area contributed by atoms with Crippen LogP contribution in [0.4, 0.5) is 0 Å². The van der Waals surface area contributed by atoms with Crippen LogP contribution in [0.1, 0.15) is 23.2 Å². The predicted molar refractivity (Wildman–Crippen MR) is 44.3 cm³/mol. The molecule has 0 aliphatic carbocycles. The average molecular weight is 168 g/mol. The first-order valence-corrected chi connectivity index (χ1v) is 3.88. The van der Waals surface area contributed by atoms with Crippen molar-refractivity contribution in [3.05, 3.63) is 23.7 Å². The van der Waals surface area contributed by atoms with Gasteiger partial charge in [-0.15, -0.1) is 0 Å². The predicted octanol–water partition coefficient (Wildman–Crippen LogP) is 1.67. The number of carbonyl (C=O) groups excluding carboxylic acids is 1. The molecule has 12 heavy (non-hydrogen) atoms. The zero-order valence-electron chi connectivity index (χ0n) is 7.29. The highest BCUT2D eigenvalue weighted by atomic mass is 16.5. The smallest absolute Gasteiger partial charge is 0.223 e. The van der Waals surface area contributed by atoms with Crippen molar-refractivity contribution < 1.29 is 13.9 Å². The number of methoxy groups -OCH3 is 1. The van der Waals surface area contributed by atoms with E-state index in [0.717, 1.165) is 12.2 Å². The van der Waals surface area contributed by atoms with E-state index < -0.39 is 0 Å². The van der Waals surface area contributed by atoms with Gasteiger partial charge >= 0.3 is 0 Å². The number of Topliss-reactive ketones (excluding diaryl/α,β-unsaturated/α-hetero) is 1. The van der Waals surface area contributed by atoms with Crippen molar-refractivity contribution in [2.45, 2.75) is 13.3 Å². The zero-order chi connectivity index (χ0) is 8.97. The first-order valence-electron chi connectivity index (χ1n) is 3.88. The van der Waals surface area contributed by atoms with Crippen LogP contribution in [0.2, 0.25) is 0 Å². The topological polar surface area (TPSA) is 39.4 Å². The van der Waals surface area contributed by atoms with Gasteiger partial charge in [0.05, 0.1) is 0 Å². The third kappa shape index (κ3) is 1.95. The molecule has 1 rings (SSSR count). The third-order valence-corrected chi connectivity index (χ3v) is 1.56. The normalized spacial score (nSPS) is 10.2. The molecule has 0 N–H and O–H groups in total. The Bertz CT molecular complexity index is 262. The van der Waals surface area contributed by atoms with Gasteiger partial charge in [0.1, 0.15) is 12.4 Å². The van der Waals surface area contributed by atoms with Gasteiger partial charge in [-0.05, 0) is 12.1 Å². The SMILES string of the molecule is CCc1ccc(C(=O)COC)o1. The molecule has 0 unspecified atom stereocenters. The van der Waals surface area contributed by atoms with Crippen LogP contribution in [-0.4, -0.2) is 19.5 Å². The number of aryl methyl sites for hydroxylation is 1. The van der Waals surface area contributed by atoms with Gasteiger partial charge in [0, 0.05) is 13.5 Å². The first kappa shape index (κ1) is 9.00. The maximum absolute atomic E-state index is 11.2. The molecule has 0 spiro atoms. The lowest BCUT2D eigenvalue weighted by molar-refractivity contribution is 0.0818. The van der Waals surface area contributed by atoms with Gasteiger partial charge in [-0.25, -0.2) is 0 Å². The number of hydrogen-bond acceptors (Lipinski definition) is 3. The van der Waals surface area contributed by atoms with Crippen molar-refractivity contribution in [1.82, 2.24) is 0 Å². The second-order valence-electron chi connectivity index (χ2n) is 2.48. The minimum absolute atomic E-state index is 0.0800. The van der Waals surface area contributed by atoms with E-state index in [1.54, 1.807) is 6.07 Å². The fraction of sp³-hybridized carbons (Fsp3) is 0.444. The van der Waals surface area contributed by atoms with Crippen molar-refractivity contribution in [3.8, 4) is 0 Å². The molecule has 66 valence electrons. The summed E-state index contributed by atoms with van der Waals surface area (Å²) in [4.78, 5) is 11.2. The molecule has 1 aromatic rings. The Balaban J connectivity index is 2.68. The first-order chi connectivity index (χ1) is 5.77. The van der Waals surface area contributed by atoms with E-state index in [9.17, 15) is 4.79 Å². The summed E-state index contributed by atoms with van der Waals surface area (Å²) in [5.41, 5.74) is 0. The van der Waals surface area contributed by atoms with E-state index in [0.29, 0.717) is 5.76 Å². The number of furan rings is 1. The molecule has 0 aromatic carbocycles. The van der Waals surface area contributed by atoms with Gasteiger partial charge in [0.2, 0.25) is 5.78 Å². The van der Waals surface area contributed by atoms with Crippen LogP contribution in [0.5, 0.6) is 0 Å². The molecule has 1 aromatic heterocycles. The van der Waals surface area contributed by atoms with Crippen molar-refractivity contribution >= 4 is 5.78 Å². The Labute approximate surface area is 71.3 Å². The number of ether oxygens (including phenoxy) is 1. The van der Waals surface area contributed by atoms with Crippen molar-refractivity contribution in [1.29, 1.82) is 0 Å². The molecular formula is C9H12O3. The summed E-state index contributed by atoms with van der Waals surface area (Å²) in [6.45, 7) is 2.06. The van der Waals surface area contributed by atoms with Crippen LogP contribution >= 0.6 is 0 Å². The lowest BCUT2D eigenvalue weighted by atomic mass is 10.3. The Morgan fingerprint density at radius 3 is 2.83 bits per heavy atom. The van der Waals surface area contributed by atoms with Gasteiger partial charge in [-0.2, -0.15) is 0 Å². The monoisotopic (exact) mass is 168 g/mol. The molecule has 0 aliphatic rings. The number of ketones is 1.